The molecule has 2 fully saturated rings. The number of carbonyl (C=O) groups excluding carboxylic acids is 1. The average Bonchev–Trinajstić information content (AvgIpc) is 2.39. The molecule has 0 aromatic carbocycles. The van der Waals surface area contributed by atoms with Gasteiger partial charge in [-0.15, -0.1) is 0 Å². The maximum absolute atomic E-state index is 12.4. The summed E-state index contributed by atoms with van der Waals surface area (Å²) < 4.78 is 5.70. The first kappa shape index (κ1) is 12.8. The third kappa shape index (κ3) is 3.19. The van der Waals surface area contributed by atoms with Crippen LogP contribution in [0.1, 0.15) is 26.7 Å². The molecule has 0 radical (unpaired) electrons. The summed E-state index contributed by atoms with van der Waals surface area (Å²) >= 11 is 0. The Kier molecular flexibility index (Phi) is 4.40. The maximum Gasteiger partial charge on any atom is 0.225 e. The molecule has 2 heterocycles. The number of rotatable bonds is 2. The van der Waals surface area contributed by atoms with Crippen LogP contribution in [0, 0.1) is 11.8 Å². The van der Waals surface area contributed by atoms with Crippen LogP contribution in [0.15, 0.2) is 0 Å². The number of amides is 1. The van der Waals surface area contributed by atoms with Gasteiger partial charge in [-0.05, 0) is 31.8 Å². The van der Waals surface area contributed by atoms with Crippen LogP contribution in [0.3, 0.4) is 0 Å². The van der Waals surface area contributed by atoms with Crippen molar-refractivity contribution in [1.82, 2.24) is 10.2 Å². The molecule has 0 spiro atoms. The second kappa shape index (κ2) is 5.83. The molecule has 2 saturated heterocycles. The quantitative estimate of drug-likeness (QED) is 0.778. The molecule has 1 N–H and O–H groups in total. The van der Waals surface area contributed by atoms with Gasteiger partial charge in [0.25, 0.3) is 0 Å². The minimum Gasteiger partial charge on any atom is -0.374 e. The number of ether oxygens (including phenoxy) is 1. The van der Waals surface area contributed by atoms with Gasteiger partial charge < -0.3 is 15.0 Å². The highest BCUT2D eigenvalue weighted by molar-refractivity contribution is 5.79. The van der Waals surface area contributed by atoms with Gasteiger partial charge in [-0.2, -0.15) is 0 Å². The second-order valence-corrected chi connectivity index (χ2v) is 5.46. The number of morpholine rings is 1. The summed E-state index contributed by atoms with van der Waals surface area (Å²) in [5.41, 5.74) is 0. The minimum absolute atomic E-state index is 0.217. The van der Waals surface area contributed by atoms with Crippen molar-refractivity contribution >= 4 is 5.91 Å². The molecule has 98 valence electrons. The lowest BCUT2D eigenvalue weighted by molar-refractivity contribution is -0.145. The first-order chi connectivity index (χ1) is 8.18. The Bertz CT molecular complexity index is 262. The molecule has 0 bridgehead atoms. The fraction of sp³-hybridized carbons (Fsp3) is 0.923. The van der Waals surface area contributed by atoms with Crippen molar-refractivity contribution < 1.29 is 9.53 Å². The Morgan fingerprint density at radius 3 is 2.71 bits per heavy atom. The zero-order valence-corrected chi connectivity index (χ0v) is 10.9. The monoisotopic (exact) mass is 240 g/mol. The molecular weight excluding hydrogens is 216 g/mol. The number of nitrogens with zero attached hydrogens (tertiary/aromatic N) is 1. The minimum atomic E-state index is 0.217. The van der Waals surface area contributed by atoms with E-state index in [4.69, 9.17) is 4.74 Å². The van der Waals surface area contributed by atoms with Gasteiger partial charge >= 0.3 is 0 Å². The molecule has 1 atom stereocenters. The Morgan fingerprint density at radius 2 is 2.06 bits per heavy atom. The largest absolute Gasteiger partial charge is 0.374 e. The zero-order chi connectivity index (χ0) is 12.3. The molecule has 0 aromatic rings. The number of carbonyl (C=O) groups is 1. The predicted octanol–water partition coefficient (Wildman–Crippen LogP) is 0.869. The highest BCUT2D eigenvalue weighted by Gasteiger charge is 2.30. The SMILES string of the molecule is CC(C)C1CN(C(=O)C2CCNCC2)CCO1. The van der Waals surface area contributed by atoms with E-state index in [2.05, 4.69) is 19.2 Å². The smallest absolute Gasteiger partial charge is 0.225 e. The molecule has 0 aromatic heterocycles. The van der Waals surface area contributed by atoms with Crippen molar-refractivity contribution in [1.29, 1.82) is 0 Å². The lowest BCUT2D eigenvalue weighted by atomic mass is 9.95. The summed E-state index contributed by atoms with van der Waals surface area (Å²) in [6, 6.07) is 0. The van der Waals surface area contributed by atoms with Gasteiger partial charge in [0, 0.05) is 19.0 Å². The van der Waals surface area contributed by atoms with Crippen molar-refractivity contribution in [3.63, 3.8) is 0 Å². The topological polar surface area (TPSA) is 41.6 Å². The summed E-state index contributed by atoms with van der Waals surface area (Å²) in [5, 5.41) is 3.30. The van der Waals surface area contributed by atoms with Crippen molar-refractivity contribution in [3.8, 4) is 0 Å². The molecule has 4 heteroatoms. The van der Waals surface area contributed by atoms with Crippen LogP contribution >= 0.6 is 0 Å². The predicted molar refractivity (Wildman–Crippen MR) is 66.8 cm³/mol. The summed E-state index contributed by atoms with van der Waals surface area (Å²) in [6.07, 6.45) is 2.19. The van der Waals surface area contributed by atoms with Gasteiger partial charge in [0.2, 0.25) is 5.91 Å². The van der Waals surface area contributed by atoms with Crippen LogP contribution in [0.5, 0.6) is 0 Å². The van der Waals surface area contributed by atoms with E-state index < -0.39 is 0 Å². The van der Waals surface area contributed by atoms with Crippen LogP contribution in [0.4, 0.5) is 0 Å². The van der Waals surface area contributed by atoms with Crippen LogP contribution < -0.4 is 5.32 Å². The highest BCUT2D eigenvalue weighted by Crippen LogP contribution is 2.19. The van der Waals surface area contributed by atoms with Crippen molar-refractivity contribution in [3.05, 3.63) is 0 Å². The summed E-state index contributed by atoms with van der Waals surface area (Å²) in [6.45, 7) is 8.51. The van der Waals surface area contributed by atoms with E-state index in [0.717, 1.165) is 39.0 Å². The Morgan fingerprint density at radius 1 is 1.35 bits per heavy atom. The van der Waals surface area contributed by atoms with Gasteiger partial charge in [0.05, 0.1) is 12.7 Å². The normalized spacial score (nSPS) is 27.5. The van der Waals surface area contributed by atoms with Gasteiger partial charge in [0.1, 0.15) is 0 Å². The van der Waals surface area contributed by atoms with E-state index in [1.807, 2.05) is 4.90 Å². The third-order valence-electron chi connectivity index (χ3n) is 3.84. The van der Waals surface area contributed by atoms with Crippen LogP contribution in [0.25, 0.3) is 0 Å². The van der Waals surface area contributed by atoms with Gasteiger partial charge in [0.15, 0.2) is 0 Å². The second-order valence-electron chi connectivity index (χ2n) is 5.46. The van der Waals surface area contributed by atoms with Crippen LogP contribution in [-0.4, -0.2) is 49.7 Å². The molecule has 0 saturated carbocycles. The van der Waals surface area contributed by atoms with Gasteiger partial charge in [-0.25, -0.2) is 0 Å². The van der Waals surface area contributed by atoms with E-state index in [-0.39, 0.29) is 12.0 Å². The fourth-order valence-corrected chi connectivity index (χ4v) is 2.61. The molecule has 2 rings (SSSR count). The number of hydrogen-bond donors (Lipinski definition) is 1. The summed E-state index contributed by atoms with van der Waals surface area (Å²) in [4.78, 5) is 14.4. The van der Waals surface area contributed by atoms with Gasteiger partial charge in [-0.1, -0.05) is 13.8 Å². The lowest BCUT2D eigenvalue weighted by Gasteiger charge is -2.37. The van der Waals surface area contributed by atoms with Crippen molar-refractivity contribution in [2.75, 3.05) is 32.8 Å². The van der Waals surface area contributed by atoms with Gasteiger partial charge in [-0.3, -0.25) is 4.79 Å². The van der Waals surface area contributed by atoms with E-state index in [0.29, 0.717) is 18.4 Å². The molecule has 17 heavy (non-hydrogen) atoms. The summed E-state index contributed by atoms with van der Waals surface area (Å²) in [5.74, 6) is 1.07. The highest BCUT2D eigenvalue weighted by atomic mass is 16.5. The summed E-state index contributed by atoms with van der Waals surface area (Å²) in [7, 11) is 0. The van der Waals surface area contributed by atoms with E-state index in [9.17, 15) is 4.79 Å². The molecule has 2 aliphatic heterocycles. The molecule has 1 amide bonds. The van der Waals surface area contributed by atoms with Crippen molar-refractivity contribution in [2.24, 2.45) is 11.8 Å². The molecule has 2 aliphatic rings. The Labute approximate surface area is 104 Å². The van der Waals surface area contributed by atoms with E-state index in [1.165, 1.54) is 0 Å². The standard InChI is InChI=1S/C13H24N2O2/c1-10(2)12-9-15(7-8-17-12)13(16)11-3-5-14-6-4-11/h10-12,14H,3-9H2,1-2H3. The molecular formula is C13H24N2O2. The lowest BCUT2D eigenvalue weighted by Crippen LogP contribution is -2.50. The number of nitrogens with one attached hydrogen (secondary N) is 1. The first-order valence-corrected chi connectivity index (χ1v) is 6.79. The number of hydrogen-bond acceptors (Lipinski definition) is 3. The number of piperidine rings is 1. The Hall–Kier alpha value is -0.610. The van der Waals surface area contributed by atoms with Crippen LogP contribution in [-0.2, 0) is 9.53 Å². The zero-order valence-electron chi connectivity index (χ0n) is 10.9. The Balaban J connectivity index is 1.89. The molecule has 1 unspecified atom stereocenters. The fourth-order valence-electron chi connectivity index (χ4n) is 2.61. The average molecular weight is 240 g/mol. The molecule has 4 nitrogen and oxygen atoms in total. The third-order valence-corrected chi connectivity index (χ3v) is 3.84. The molecule has 0 aliphatic carbocycles. The van der Waals surface area contributed by atoms with Crippen molar-refractivity contribution in [2.45, 2.75) is 32.8 Å². The van der Waals surface area contributed by atoms with Crippen LogP contribution in [0.2, 0.25) is 0 Å². The van der Waals surface area contributed by atoms with E-state index in [1.54, 1.807) is 0 Å². The maximum atomic E-state index is 12.4. The van der Waals surface area contributed by atoms with E-state index >= 15 is 0 Å². The first-order valence-electron chi connectivity index (χ1n) is 6.79.